The predicted octanol–water partition coefficient (Wildman–Crippen LogP) is 1.29. The van der Waals surface area contributed by atoms with Gasteiger partial charge in [0.25, 0.3) is 0 Å². The number of para-hydroxylation sites is 1. The Morgan fingerprint density at radius 1 is 1.05 bits per heavy atom. The average Bonchev–Trinajstić information content (AvgIpc) is 2.46. The van der Waals surface area contributed by atoms with Gasteiger partial charge in [-0.15, -0.1) is 0 Å². The molecular formula is C16H17NO3. The summed E-state index contributed by atoms with van der Waals surface area (Å²) in [4.78, 5) is 10.4. The number of hydrogen-bond acceptors (Lipinski definition) is 3. The lowest BCUT2D eigenvalue weighted by molar-refractivity contribution is -0.428. The smallest absolute Gasteiger partial charge is 0.127 e. The molecule has 2 aromatic carbocycles. The highest BCUT2D eigenvalue weighted by Gasteiger charge is 2.09. The summed E-state index contributed by atoms with van der Waals surface area (Å²) in [6.45, 7) is 0. The molecular weight excluding hydrogens is 254 g/mol. The van der Waals surface area contributed by atoms with E-state index in [4.69, 9.17) is 4.74 Å². The summed E-state index contributed by atoms with van der Waals surface area (Å²) in [6, 6.07) is 17.0. The summed E-state index contributed by atoms with van der Waals surface area (Å²) >= 11 is 0. The van der Waals surface area contributed by atoms with Crippen molar-refractivity contribution in [1.82, 2.24) is 0 Å². The third-order valence-electron chi connectivity index (χ3n) is 3.03. The molecule has 104 valence electrons. The van der Waals surface area contributed by atoms with Gasteiger partial charge in [-0.1, -0.05) is 18.2 Å². The van der Waals surface area contributed by atoms with E-state index in [2.05, 4.69) is 5.73 Å². The van der Waals surface area contributed by atoms with Crippen molar-refractivity contribution in [2.75, 3.05) is 0 Å². The lowest BCUT2D eigenvalue weighted by Gasteiger charge is -2.10. The fraction of sp³-hybridized carbons (Fsp3) is 0.188. The lowest BCUT2D eigenvalue weighted by Crippen LogP contribution is -2.53. The van der Waals surface area contributed by atoms with Gasteiger partial charge in [0.15, 0.2) is 0 Å². The van der Waals surface area contributed by atoms with E-state index in [0.29, 0.717) is 6.42 Å². The number of carbonyl (C=O) groups is 1. The van der Waals surface area contributed by atoms with Crippen LogP contribution in [0.4, 0.5) is 0 Å². The number of rotatable bonds is 6. The van der Waals surface area contributed by atoms with Gasteiger partial charge in [-0.3, -0.25) is 0 Å². The molecule has 0 aliphatic carbocycles. The number of carbonyl (C=O) groups excluding carboxylic acids is 1. The standard InChI is InChI=1S/C16H17NO3/c17-15(10-11-16(18)19)12-6-8-14(9-7-12)20-13-4-2-1-3-5-13/h1-9,15H,10-11,17H2,(H,18,19)/t15-/m0/s1. The molecule has 0 fully saturated rings. The Bertz CT molecular complexity index is 552. The molecule has 2 rings (SSSR count). The number of carboxylic acids is 1. The maximum Gasteiger partial charge on any atom is 0.127 e. The van der Waals surface area contributed by atoms with Gasteiger partial charge in [0.05, 0.1) is 0 Å². The van der Waals surface area contributed by atoms with Crippen LogP contribution in [0.5, 0.6) is 11.5 Å². The Hall–Kier alpha value is -2.33. The number of hydrogen-bond donors (Lipinski definition) is 1. The summed E-state index contributed by atoms with van der Waals surface area (Å²) in [7, 11) is 0. The molecule has 0 radical (unpaired) electrons. The highest BCUT2D eigenvalue weighted by atomic mass is 16.5. The van der Waals surface area contributed by atoms with E-state index in [1.165, 1.54) is 0 Å². The second kappa shape index (κ2) is 6.73. The fourth-order valence-corrected chi connectivity index (χ4v) is 1.89. The Kier molecular flexibility index (Phi) is 4.74. The van der Waals surface area contributed by atoms with Gasteiger partial charge in [-0.2, -0.15) is 0 Å². The van der Waals surface area contributed by atoms with Crippen LogP contribution < -0.4 is 15.6 Å². The van der Waals surface area contributed by atoms with E-state index in [9.17, 15) is 9.90 Å². The van der Waals surface area contributed by atoms with Crippen molar-refractivity contribution in [3.63, 3.8) is 0 Å². The van der Waals surface area contributed by atoms with Crippen molar-refractivity contribution < 1.29 is 20.4 Å². The summed E-state index contributed by atoms with van der Waals surface area (Å²) in [6.07, 6.45) is 0.498. The van der Waals surface area contributed by atoms with Gasteiger partial charge in [-0.05, 0) is 42.8 Å². The Labute approximate surface area is 117 Å². The molecule has 0 spiro atoms. The first kappa shape index (κ1) is 14.1. The Balaban J connectivity index is 1.97. The number of benzene rings is 2. The van der Waals surface area contributed by atoms with Gasteiger partial charge in [0.1, 0.15) is 17.5 Å². The molecule has 20 heavy (non-hydrogen) atoms. The zero-order chi connectivity index (χ0) is 14.4. The molecule has 0 saturated heterocycles. The molecule has 0 amide bonds. The monoisotopic (exact) mass is 271 g/mol. The molecule has 0 aliphatic rings. The van der Waals surface area contributed by atoms with Crippen LogP contribution in [-0.4, -0.2) is 5.97 Å². The van der Waals surface area contributed by atoms with E-state index in [-0.39, 0.29) is 12.5 Å². The van der Waals surface area contributed by atoms with E-state index >= 15 is 0 Å². The topological polar surface area (TPSA) is 77.0 Å². The van der Waals surface area contributed by atoms with Crippen molar-refractivity contribution in [3.8, 4) is 11.5 Å². The number of quaternary nitrogens is 1. The highest BCUT2D eigenvalue weighted by molar-refractivity contribution is 5.64. The van der Waals surface area contributed by atoms with Gasteiger partial charge >= 0.3 is 0 Å². The molecule has 0 aliphatic heterocycles. The van der Waals surface area contributed by atoms with Gasteiger partial charge in [0, 0.05) is 18.0 Å². The molecule has 0 saturated carbocycles. The second-order valence-corrected chi connectivity index (χ2v) is 4.59. The van der Waals surface area contributed by atoms with Crippen LogP contribution in [0, 0.1) is 0 Å². The Morgan fingerprint density at radius 2 is 1.65 bits per heavy atom. The first-order chi connectivity index (χ1) is 9.65. The maximum atomic E-state index is 10.4. The minimum Gasteiger partial charge on any atom is -0.550 e. The van der Waals surface area contributed by atoms with Gasteiger partial charge in [-0.25, -0.2) is 0 Å². The summed E-state index contributed by atoms with van der Waals surface area (Å²) in [5, 5.41) is 10.4. The third kappa shape index (κ3) is 4.10. The van der Waals surface area contributed by atoms with E-state index in [0.717, 1.165) is 17.1 Å². The molecule has 4 nitrogen and oxygen atoms in total. The molecule has 0 heterocycles. The minimum absolute atomic E-state index is 0.0242. The van der Waals surface area contributed by atoms with Crippen molar-refractivity contribution in [3.05, 3.63) is 60.2 Å². The second-order valence-electron chi connectivity index (χ2n) is 4.59. The largest absolute Gasteiger partial charge is 0.550 e. The minimum atomic E-state index is -1.04. The number of ether oxygens (including phenoxy) is 1. The van der Waals surface area contributed by atoms with Crippen LogP contribution in [0.2, 0.25) is 0 Å². The molecule has 0 aromatic heterocycles. The zero-order valence-electron chi connectivity index (χ0n) is 11.1. The van der Waals surface area contributed by atoms with Crippen LogP contribution in [0.15, 0.2) is 54.6 Å². The molecule has 0 unspecified atom stereocenters. The van der Waals surface area contributed by atoms with Crippen molar-refractivity contribution >= 4 is 5.97 Å². The number of aliphatic carboxylic acids is 1. The van der Waals surface area contributed by atoms with Crippen molar-refractivity contribution in [1.29, 1.82) is 0 Å². The normalized spacial score (nSPS) is 11.8. The third-order valence-corrected chi connectivity index (χ3v) is 3.03. The summed E-state index contributed by atoms with van der Waals surface area (Å²) in [5.41, 5.74) is 4.95. The zero-order valence-corrected chi connectivity index (χ0v) is 11.1. The van der Waals surface area contributed by atoms with Crippen molar-refractivity contribution in [2.24, 2.45) is 0 Å². The first-order valence-corrected chi connectivity index (χ1v) is 6.51. The summed E-state index contributed by atoms with van der Waals surface area (Å²) < 4.78 is 5.69. The van der Waals surface area contributed by atoms with E-state index in [1.54, 1.807) is 0 Å². The highest BCUT2D eigenvalue weighted by Crippen LogP contribution is 2.23. The molecule has 1 atom stereocenters. The molecule has 2 aromatic rings. The lowest BCUT2D eigenvalue weighted by atomic mass is 10.0. The number of carboxylic acid groups (broad SMARTS) is 1. The van der Waals surface area contributed by atoms with Crippen LogP contribution in [0.25, 0.3) is 0 Å². The van der Waals surface area contributed by atoms with Crippen LogP contribution in [0.3, 0.4) is 0 Å². The SMILES string of the molecule is [NH3+][C@@H](CCC(=O)[O-])c1ccc(Oc2ccccc2)cc1. The first-order valence-electron chi connectivity index (χ1n) is 6.51. The van der Waals surface area contributed by atoms with Crippen LogP contribution in [-0.2, 0) is 4.79 Å². The van der Waals surface area contributed by atoms with E-state index in [1.807, 2.05) is 54.6 Å². The fourth-order valence-electron chi connectivity index (χ4n) is 1.89. The maximum absolute atomic E-state index is 10.4. The van der Waals surface area contributed by atoms with Gasteiger partial charge in [0.2, 0.25) is 0 Å². The molecule has 3 N–H and O–H groups in total. The predicted molar refractivity (Wildman–Crippen MR) is 72.8 cm³/mol. The summed E-state index contributed by atoms with van der Waals surface area (Å²) in [5.74, 6) is 0.484. The molecule has 4 heteroatoms. The Morgan fingerprint density at radius 3 is 2.25 bits per heavy atom. The quantitative estimate of drug-likeness (QED) is 0.860. The van der Waals surface area contributed by atoms with Crippen LogP contribution in [0.1, 0.15) is 24.4 Å². The van der Waals surface area contributed by atoms with Crippen molar-refractivity contribution in [2.45, 2.75) is 18.9 Å². The van der Waals surface area contributed by atoms with Crippen LogP contribution >= 0.6 is 0 Å². The molecule has 0 bridgehead atoms. The van der Waals surface area contributed by atoms with Gasteiger partial charge < -0.3 is 20.4 Å². The van der Waals surface area contributed by atoms with E-state index < -0.39 is 5.97 Å². The average molecular weight is 271 g/mol.